The number of allylic oxidation sites excluding steroid dienone is 1. The lowest BCUT2D eigenvalue weighted by atomic mass is 9.92. The van der Waals surface area contributed by atoms with Crippen LogP contribution >= 0.6 is 0 Å². The molecule has 2 aromatic carbocycles. The number of aryl methyl sites for hydroxylation is 1. The van der Waals surface area contributed by atoms with E-state index in [4.69, 9.17) is 9.57 Å². The maximum atomic E-state index is 14.2. The topological polar surface area (TPSA) is 106 Å². The Morgan fingerprint density at radius 2 is 1.90 bits per heavy atom. The lowest BCUT2D eigenvalue weighted by Gasteiger charge is -2.31. The van der Waals surface area contributed by atoms with E-state index in [1.54, 1.807) is 6.33 Å². The lowest BCUT2D eigenvalue weighted by molar-refractivity contribution is -0.0522. The number of nitrogens with one attached hydrogen (secondary N) is 1. The van der Waals surface area contributed by atoms with Gasteiger partial charge in [0.05, 0.1) is 30.0 Å². The van der Waals surface area contributed by atoms with Crippen LogP contribution in [-0.2, 0) is 22.4 Å². The first-order chi connectivity index (χ1) is 20.6. The fourth-order valence-electron chi connectivity index (χ4n) is 6.22. The number of rotatable bonds is 9. The molecule has 2 aromatic heterocycles. The van der Waals surface area contributed by atoms with Crippen molar-refractivity contribution < 1.29 is 9.57 Å². The zero-order valence-electron chi connectivity index (χ0n) is 24.1. The van der Waals surface area contributed by atoms with Crippen molar-refractivity contribution >= 4 is 5.78 Å². The molecule has 3 heterocycles. The van der Waals surface area contributed by atoms with E-state index in [0.29, 0.717) is 24.4 Å². The number of benzene rings is 2. The molecule has 1 N–H and O–H groups in total. The van der Waals surface area contributed by atoms with Gasteiger partial charge in [0, 0.05) is 23.7 Å². The van der Waals surface area contributed by atoms with Crippen LogP contribution in [0.15, 0.2) is 71.4 Å². The van der Waals surface area contributed by atoms with Gasteiger partial charge in [0.15, 0.2) is 0 Å². The molecule has 2 aliphatic rings. The fraction of sp³-hybridized carbons (Fsp3) is 0.394. The summed E-state index contributed by atoms with van der Waals surface area (Å²) in [7, 11) is 0. The second kappa shape index (κ2) is 12.3. The number of aromatic nitrogens is 4. The molecule has 1 aliphatic carbocycles. The van der Waals surface area contributed by atoms with E-state index in [1.165, 1.54) is 0 Å². The minimum Gasteiger partial charge on any atom is -0.375 e. The summed E-state index contributed by atoms with van der Waals surface area (Å²) in [5.41, 5.74) is 9.17. The molecule has 1 unspecified atom stereocenters. The van der Waals surface area contributed by atoms with Crippen LogP contribution in [-0.4, -0.2) is 38.0 Å². The number of fused-ring (bicyclic) bond motifs is 1. The Bertz CT molecular complexity index is 1690. The van der Waals surface area contributed by atoms with Gasteiger partial charge in [0.25, 0.3) is 5.56 Å². The first-order valence-corrected chi connectivity index (χ1v) is 14.8. The van der Waals surface area contributed by atoms with Crippen molar-refractivity contribution in [3.8, 4) is 17.2 Å². The first-order valence-electron chi connectivity index (χ1n) is 14.8. The molecule has 1 saturated carbocycles. The minimum atomic E-state index is -0.0650. The molecule has 0 bridgehead atoms. The summed E-state index contributed by atoms with van der Waals surface area (Å²) in [5.74, 6) is 0.617. The van der Waals surface area contributed by atoms with Crippen LogP contribution in [0, 0.1) is 11.3 Å². The zero-order chi connectivity index (χ0) is 29.1. The summed E-state index contributed by atoms with van der Waals surface area (Å²) in [6.45, 7) is 4.61. The largest absolute Gasteiger partial charge is 0.375 e. The van der Waals surface area contributed by atoms with Gasteiger partial charge in [-0.15, -0.1) is 0 Å². The Hall–Kier alpha value is -4.26. The second-order valence-corrected chi connectivity index (χ2v) is 11.2. The molecule has 216 valence electrons. The smallest absolute Gasteiger partial charge is 0.259 e. The number of ether oxygens (including phenoxy) is 1. The van der Waals surface area contributed by atoms with E-state index >= 15 is 0 Å². The van der Waals surface area contributed by atoms with Crippen LogP contribution in [0.2, 0.25) is 0 Å². The van der Waals surface area contributed by atoms with Crippen LogP contribution in [0.1, 0.15) is 74.4 Å². The normalized spacial score (nSPS) is 20.3. The molecule has 9 nitrogen and oxygen atoms in total. The van der Waals surface area contributed by atoms with Crippen molar-refractivity contribution in [1.29, 1.82) is 5.26 Å². The maximum Gasteiger partial charge on any atom is 0.259 e. The highest BCUT2D eigenvalue weighted by Crippen LogP contribution is 2.31. The van der Waals surface area contributed by atoms with Gasteiger partial charge in [-0.3, -0.25) is 19.7 Å². The van der Waals surface area contributed by atoms with Crippen molar-refractivity contribution in [1.82, 2.24) is 24.6 Å². The Balaban J connectivity index is 1.25. The van der Waals surface area contributed by atoms with Crippen molar-refractivity contribution in [3.63, 3.8) is 0 Å². The molecule has 0 radical (unpaired) electrons. The average molecular weight is 565 g/mol. The van der Waals surface area contributed by atoms with Crippen molar-refractivity contribution in [2.75, 3.05) is 6.61 Å². The number of hydrogen-bond donors (Lipinski definition) is 1. The van der Waals surface area contributed by atoms with Gasteiger partial charge < -0.3 is 4.74 Å². The fourth-order valence-corrected chi connectivity index (χ4v) is 6.22. The lowest BCUT2D eigenvalue weighted by Crippen LogP contribution is -2.35. The predicted molar refractivity (Wildman–Crippen MR) is 160 cm³/mol. The van der Waals surface area contributed by atoms with Gasteiger partial charge in [-0.2, -0.15) is 15.3 Å². The predicted octanol–water partition coefficient (Wildman–Crippen LogP) is 5.28. The van der Waals surface area contributed by atoms with Crippen LogP contribution in [0.3, 0.4) is 0 Å². The number of nitriles is 1. The molecular weight excluding hydrogens is 528 g/mol. The van der Waals surface area contributed by atoms with E-state index in [9.17, 15) is 10.1 Å². The van der Waals surface area contributed by atoms with Crippen molar-refractivity contribution in [2.45, 2.75) is 77.0 Å². The SMILES string of the molecule is CCCc1c(Cc2ccc(-c3ccccc3C#N)cc2)c(=O)n(C2CCC(OCC3C=C(C)NO3)CC2)c2ncnn12. The maximum absolute atomic E-state index is 14.2. The number of hydroxylamine groups is 1. The van der Waals surface area contributed by atoms with Crippen LogP contribution < -0.4 is 11.0 Å². The van der Waals surface area contributed by atoms with Gasteiger partial charge in [-0.1, -0.05) is 55.8 Å². The molecule has 0 spiro atoms. The number of hydrogen-bond acceptors (Lipinski definition) is 7. The first kappa shape index (κ1) is 27.9. The third-order valence-electron chi connectivity index (χ3n) is 8.32. The Labute approximate surface area is 245 Å². The highest BCUT2D eigenvalue weighted by molar-refractivity contribution is 5.70. The van der Waals surface area contributed by atoms with Crippen LogP contribution in [0.4, 0.5) is 0 Å². The summed E-state index contributed by atoms with van der Waals surface area (Å²) < 4.78 is 9.92. The highest BCUT2D eigenvalue weighted by Gasteiger charge is 2.29. The molecule has 4 aromatic rings. The van der Waals surface area contributed by atoms with Gasteiger partial charge >= 0.3 is 0 Å². The summed E-state index contributed by atoms with van der Waals surface area (Å²) in [4.78, 5) is 24.3. The highest BCUT2D eigenvalue weighted by atomic mass is 16.7. The van der Waals surface area contributed by atoms with Crippen LogP contribution in [0.5, 0.6) is 0 Å². The van der Waals surface area contributed by atoms with Gasteiger partial charge in [0.2, 0.25) is 5.78 Å². The Morgan fingerprint density at radius 1 is 1.12 bits per heavy atom. The van der Waals surface area contributed by atoms with Crippen LogP contribution in [0.25, 0.3) is 16.9 Å². The number of nitrogens with zero attached hydrogens (tertiary/aromatic N) is 5. The second-order valence-electron chi connectivity index (χ2n) is 11.2. The molecule has 42 heavy (non-hydrogen) atoms. The summed E-state index contributed by atoms with van der Waals surface area (Å²) in [6, 6.07) is 18.1. The Kier molecular flexibility index (Phi) is 8.17. The van der Waals surface area contributed by atoms with Crippen molar-refractivity contribution in [3.05, 3.63) is 99.4 Å². The summed E-state index contributed by atoms with van der Waals surface area (Å²) in [6.07, 6.45) is 9.23. The molecule has 0 saturated heterocycles. The molecular formula is C33H36N6O3. The van der Waals surface area contributed by atoms with Gasteiger partial charge in [-0.05, 0) is 67.9 Å². The molecule has 9 heteroatoms. The monoisotopic (exact) mass is 564 g/mol. The van der Waals surface area contributed by atoms with Crippen molar-refractivity contribution in [2.24, 2.45) is 0 Å². The van der Waals surface area contributed by atoms with E-state index in [0.717, 1.165) is 72.2 Å². The molecule has 6 rings (SSSR count). The van der Waals surface area contributed by atoms with E-state index in [1.807, 2.05) is 58.5 Å². The Morgan fingerprint density at radius 3 is 2.62 bits per heavy atom. The molecule has 1 fully saturated rings. The van der Waals surface area contributed by atoms with Gasteiger partial charge in [-0.25, -0.2) is 4.52 Å². The van der Waals surface area contributed by atoms with Gasteiger partial charge in [0.1, 0.15) is 12.4 Å². The van der Waals surface area contributed by atoms with E-state index in [-0.39, 0.29) is 23.8 Å². The minimum absolute atomic E-state index is 0.0215. The summed E-state index contributed by atoms with van der Waals surface area (Å²) in [5, 5.41) is 14.1. The zero-order valence-corrected chi connectivity index (χ0v) is 24.1. The molecule has 1 aliphatic heterocycles. The standard InChI is InChI=1S/C33H36N6O3/c1-3-6-31-30(18-23-9-11-24(12-10-23)29-8-5-4-7-25(29)19-34)32(40)38(33-35-21-36-39(31)33)26-13-15-27(16-14-26)41-20-28-17-22(2)37-42-28/h4-5,7-12,17,21,26-28,37H,3,6,13-16,18,20H2,1-2H3. The van der Waals surface area contributed by atoms with E-state index in [2.05, 4.69) is 40.7 Å². The average Bonchev–Trinajstić information content (AvgIpc) is 3.68. The summed E-state index contributed by atoms with van der Waals surface area (Å²) >= 11 is 0. The third kappa shape index (κ3) is 5.60. The molecule has 1 atom stereocenters. The quantitative estimate of drug-likeness (QED) is 0.295. The molecule has 0 amide bonds. The van der Waals surface area contributed by atoms with E-state index < -0.39 is 0 Å². The third-order valence-corrected chi connectivity index (χ3v) is 8.32.